The van der Waals surface area contributed by atoms with Crippen LogP contribution in [0.25, 0.3) is 10.9 Å². The number of carbonyl (C=O) groups excluding carboxylic acids is 1. The SMILES string of the molecule is Cc1ccc(C)c(NC(=O)C2(c3c(C)[nH]c4ccccc34)CC2)c1. The van der Waals surface area contributed by atoms with E-state index in [1.54, 1.807) is 0 Å². The Bertz CT molecular complexity index is 948. The second kappa shape index (κ2) is 5.23. The normalized spacial score (nSPS) is 15.5. The molecule has 3 heteroatoms. The molecule has 24 heavy (non-hydrogen) atoms. The maximum absolute atomic E-state index is 13.1. The van der Waals surface area contributed by atoms with E-state index in [2.05, 4.69) is 41.5 Å². The summed E-state index contributed by atoms with van der Waals surface area (Å²) in [7, 11) is 0. The van der Waals surface area contributed by atoms with Crippen LogP contribution in [0.1, 0.15) is 35.2 Å². The molecule has 1 aliphatic rings. The molecule has 122 valence electrons. The fourth-order valence-electron chi connectivity index (χ4n) is 3.72. The quantitative estimate of drug-likeness (QED) is 0.718. The van der Waals surface area contributed by atoms with Crippen molar-refractivity contribution in [1.82, 2.24) is 4.98 Å². The number of hydrogen-bond donors (Lipinski definition) is 2. The highest BCUT2D eigenvalue weighted by Crippen LogP contribution is 2.52. The van der Waals surface area contributed by atoms with Crippen LogP contribution in [0, 0.1) is 20.8 Å². The van der Waals surface area contributed by atoms with Crippen molar-refractivity contribution in [2.24, 2.45) is 0 Å². The lowest BCUT2D eigenvalue weighted by Gasteiger charge is -2.18. The van der Waals surface area contributed by atoms with Crippen LogP contribution in [0.15, 0.2) is 42.5 Å². The van der Waals surface area contributed by atoms with E-state index in [1.165, 1.54) is 10.9 Å². The van der Waals surface area contributed by atoms with E-state index in [0.29, 0.717) is 0 Å². The predicted octanol–water partition coefficient (Wildman–Crippen LogP) is 4.76. The van der Waals surface area contributed by atoms with Gasteiger partial charge in [0, 0.05) is 22.3 Å². The fraction of sp³-hybridized carbons (Fsp3) is 0.286. The number of aromatic amines is 1. The van der Waals surface area contributed by atoms with Crippen LogP contribution in [0.4, 0.5) is 5.69 Å². The van der Waals surface area contributed by atoms with Gasteiger partial charge in [0.05, 0.1) is 5.41 Å². The minimum absolute atomic E-state index is 0.115. The molecule has 0 aliphatic heterocycles. The summed E-state index contributed by atoms with van der Waals surface area (Å²) in [5.41, 5.74) is 6.16. The van der Waals surface area contributed by atoms with Crippen molar-refractivity contribution < 1.29 is 4.79 Å². The number of H-pyrrole nitrogens is 1. The molecule has 1 aliphatic carbocycles. The molecule has 2 aromatic carbocycles. The number of amides is 1. The zero-order valence-electron chi connectivity index (χ0n) is 14.4. The largest absolute Gasteiger partial charge is 0.358 e. The molecule has 1 fully saturated rings. The van der Waals surface area contributed by atoms with E-state index in [9.17, 15) is 4.79 Å². The summed E-state index contributed by atoms with van der Waals surface area (Å²) in [4.78, 5) is 16.6. The van der Waals surface area contributed by atoms with E-state index in [4.69, 9.17) is 0 Å². The Morgan fingerprint density at radius 3 is 2.58 bits per heavy atom. The van der Waals surface area contributed by atoms with Gasteiger partial charge in [-0.15, -0.1) is 0 Å². The molecule has 4 rings (SSSR count). The van der Waals surface area contributed by atoms with E-state index in [-0.39, 0.29) is 11.3 Å². The fourth-order valence-corrected chi connectivity index (χ4v) is 3.72. The molecule has 0 radical (unpaired) electrons. The van der Waals surface area contributed by atoms with Gasteiger partial charge in [0.25, 0.3) is 0 Å². The summed E-state index contributed by atoms with van der Waals surface area (Å²) in [6.45, 7) is 6.15. The van der Waals surface area contributed by atoms with Gasteiger partial charge < -0.3 is 10.3 Å². The van der Waals surface area contributed by atoms with Crippen LogP contribution in [-0.2, 0) is 10.2 Å². The van der Waals surface area contributed by atoms with Crippen molar-refractivity contribution in [1.29, 1.82) is 0 Å². The highest BCUT2D eigenvalue weighted by atomic mass is 16.2. The number of rotatable bonds is 3. The predicted molar refractivity (Wildman–Crippen MR) is 98.5 cm³/mol. The third kappa shape index (κ3) is 2.23. The number of nitrogens with one attached hydrogen (secondary N) is 2. The first-order valence-corrected chi connectivity index (χ1v) is 8.48. The third-order valence-electron chi connectivity index (χ3n) is 5.20. The van der Waals surface area contributed by atoms with E-state index in [0.717, 1.165) is 40.9 Å². The number of benzene rings is 2. The summed E-state index contributed by atoms with van der Waals surface area (Å²) >= 11 is 0. The molecule has 3 aromatic rings. The van der Waals surface area contributed by atoms with Crippen molar-refractivity contribution in [3.63, 3.8) is 0 Å². The van der Waals surface area contributed by atoms with Crippen molar-refractivity contribution in [3.8, 4) is 0 Å². The Morgan fingerprint density at radius 2 is 1.83 bits per heavy atom. The number of fused-ring (bicyclic) bond motifs is 1. The highest BCUT2D eigenvalue weighted by molar-refractivity contribution is 6.05. The summed E-state index contributed by atoms with van der Waals surface area (Å²) in [6.07, 6.45) is 1.82. The standard InChI is InChI=1S/C21H22N2O/c1-13-8-9-14(2)18(12-13)23-20(24)21(10-11-21)19-15(3)22-17-7-5-4-6-16(17)19/h4-9,12,22H,10-11H2,1-3H3,(H,23,24). The Balaban J connectivity index is 1.74. The number of hydrogen-bond acceptors (Lipinski definition) is 1. The number of anilines is 1. The zero-order valence-corrected chi connectivity index (χ0v) is 14.4. The molecule has 1 saturated carbocycles. The molecule has 1 aromatic heterocycles. The zero-order chi connectivity index (χ0) is 16.9. The molecule has 2 N–H and O–H groups in total. The van der Waals surface area contributed by atoms with Gasteiger partial charge in [0.1, 0.15) is 0 Å². The Labute approximate surface area is 142 Å². The molecule has 1 amide bonds. The lowest BCUT2D eigenvalue weighted by molar-refractivity contribution is -0.118. The lowest BCUT2D eigenvalue weighted by atomic mass is 9.92. The van der Waals surface area contributed by atoms with Crippen molar-refractivity contribution in [3.05, 3.63) is 64.8 Å². The van der Waals surface area contributed by atoms with E-state index >= 15 is 0 Å². The minimum atomic E-state index is -0.389. The van der Waals surface area contributed by atoms with Crippen LogP contribution in [0.3, 0.4) is 0 Å². The first-order chi connectivity index (χ1) is 11.5. The number of aromatic nitrogens is 1. The monoisotopic (exact) mass is 318 g/mol. The van der Waals surface area contributed by atoms with Gasteiger partial charge in [-0.3, -0.25) is 4.79 Å². The van der Waals surface area contributed by atoms with Gasteiger partial charge in [0.15, 0.2) is 0 Å². The number of aryl methyl sites for hydroxylation is 3. The second-order valence-corrected chi connectivity index (χ2v) is 7.03. The molecule has 0 saturated heterocycles. The van der Waals surface area contributed by atoms with Crippen molar-refractivity contribution in [2.45, 2.75) is 39.0 Å². The van der Waals surface area contributed by atoms with Crippen molar-refractivity contribution >= 4 is 22.5 Å². The second-order valence-electron chi connectivity index (χ2n) is 7.03. The number of para-hydroxylation sites is 1. The van der Waals surface area contributed by atoms with Gasteiger partial charge in [-0.1, -0.05) is 30.3 Å². The lowest BCUT2D eigenvalue weighted by Crippen LogP contribution is -2.28. The van der Waals surface area contributed by atoms with E-state index < -0.39 is 0 Å². The Morgan fingerprint density at radius 1 is 1.08 bits per heavy atom. The summed E-state index contributed by atoms with van der Waals surface area (Å²) in [5.74, 6) is 0.115. The highest BCUT2D eigenvalue weighted by Gasteiger charge is 2.53. The third-order valence-corrected chi connectivity index (χ3v) is 5.20. The Kier molecular flexibility index (Phi) is 3.27. The van der Waals surface area contributed by atoms with Crippen LogP contribution < -0.4 is 5.32 Å². The average molecular weight is 318 g/mol. The molecule has 0 atom stereocenters. The molecular weight excluding hydrogens is 296 g/mol. The molecule has 1 heterocycles. The number of carbonyl (C=O) groups is 1. The van der Waals surface area contributed by atoms with Crippen LogP contribution in [0.2, 0.25) is 0 Å². The summed E-state index contributed by atoms with van der Waals surface area (Å²) < 4.78 is 0. The summed E-state index contributed by atoms with van der Waals surface area (Å²) in [5, 5.41) is 4.35. The molecule has 0 unspecified atom stereocenters. The maximum Gasteiger partial charge on any atom is 0.235 e. The molecule has 0 bridgehead atoms. The average Bonchev–Trinajstić information content (AvgIpc) is 3.28. The molecule has 0 spiro atoms. The molecular formula is C21H22N2O. The van der Waals surface area contributed by atoms with Crippen LogP contribution in [-0.4, -0.2) is 10.9 Å². The topological polar surface area (TPSA) is 44.9 Å². The van der Waals surface area contributed by atoms with Crippen LogP contribution >= 0.6 is 0 Å². The van der Waals surface area contributed by atoms with E-state index in [1.807, 2.05) is 32.0 Å². The maximum atomic E-state index is 13.1. The van der Waals surface area contributed by atoms with Gasteiger partial charge in [-0.25, -0.2) is 0 Å². The first kappa shape index (κ1) is 15.0. The van der Waals surface area contributed by atoms with Gasteiger partial charge in [-0.2, -0.15) is 0 Å². The minimum Gasteiger partial charge on any atom is -0.358 e. The van der Waals surface area contributed by atoms with Gasteiger partial charge >= 0.3 is 0 Å². The smallest absolute Gasteiger partial charge is 0.235 e. The van der Waals surface area contributed by atoms with Crippen LogP contribution in [0.5, 0.6) is 0 Å². The summed E-state index contributed by atoms with van der Waals surface area (Å²) in [6, 6.07) is 14.4. The molecule has 3 nitrogen and oxygen atoms in total. The Hall–Kier alpha value is -2.55. The van der Waals surface area contributed by atoms with Gasteiger partial charge in [-0.05, 0) is 62.4 Å². The van der Waals surface area contributed by atoms with Gasteiger partial charge in [0.2, 0.25) is 5.91 Å². The van der Waals surface area contributed by atoms with Crippen molar-refractivity contribution in [2.75, 3.05) is 5.32 Å². The first-order valence-electron chi connectivity index (χ1n) is 8.48.